The van der Waals surface area contributed by atoms with Crippen LogP contribution in [0.5, 0.6) is 5.75 Å². The van der Waals surface area contributed by atoms with Crippen molar-refractivity contribution in [3.05, 3.63) is 35.3 Å². The fraction of sp³-hybridized carbons (Fsp3) is 0.308. The lowest BCUT2D eigenvalue weighted by molar-refractivity contribution is 0.196. The van der Waals surface area contributed by atoms with Gasteiger partial charge in [-0.3, -0.25) is 0 Å². The zero-order valence-corrected chi connectivity index (χ0v) is 10.7. The number of thiazole rings is 1. The van der Waals surface area contributed by atoms with Crippen molar-refractivity contribution < 1.29 is 9.84 Å². The highest BCUT2D eigenvalue weighted by Gasteiger charge is 2.06. The Labute approximate surface area is 105 Å². The van der Waals surface area contributed by atoms with Crippen molar-refractivity contribution in [1.29, 1.82) is 0 Å². The van der Waals surface area contributed by atoms with Crippen molar-refractivity contribution in [3.63, 3.8) is 0 Å². The molecule has 17 heavy (non-hydrogen) atoms. The molecule has 1 atom stereocenters. The molecule has 0 aliphatic carbocycles. The Kier molecular flexibility index (Phi) is 3.76. The van der Waals surface area contributed by atoms with Gasteiger partial charge in [-0.15, -0.1) is 11.3 Å². The van der Waals surface area contributed by atoms with Crippen molar-refractivity contribution in [2.75, 3.05) is 7.11 Å². The Balaban J connectivity index is 2.18. The number of nitrogens with zero attached hydrogens (tertiary/aromatic N) is 1. The largest absolute Gasteiger partial charge is 0.497 e. The van der Waals surface area contributed by atoms with Crippen LogP contribution in [0.2, 0.25) is 0 Å². The number of aliphatic hydroxyl groups is 1. The van der Waals surface area contributed by atoms with E-state index in [1.807, 2.05) is 30.5 Å². The normalized spacial score (nSPS) is 12.4. The second-order valence-corrected chi connectivity index (χ2v) is 5.03. The summed E-state index contributed by atoms with van der Waals surface area (Å²) < 4.78 is 5.11. The fourth-order valence-electron chi connectivity index (χ4n) is 1.56. The van der Waals surface area contributed by atoms with E-state index in [1.165, 1.54) is 0 Å². The molecule has 2 aromatic rings. The highest BCUT2D eigenvalue weighted by Crippen LogP contribution is 2.27. The molecule has 0 spiro atoms. The molecule has 3 nitrogen and oxygen atoms in total. The van der Waals surface area contributed by atoms with Crippen LogP contribution in [0, 0.1) is 0 Å². The number of aliphatic hydroxyl groups excluding tert-OH is 1. The Hall–Kier alpha value is -1.39. The molecule has 1 N–H and O–H groups in total. The number of hydrogen-bond donors (Lipinski definition) is 1. The minimum absolute atomic E-state index is 0.320. The van der Waals surface area contributed by atoms with Crippen LogP contribution in [-0.4, -0.2) is 23.3 Å². The summed E-state index contributed by atoms with van der Waals surface area (Å²) in [5, 5.41) is 10.3. The summed E-state index contributed by atoms with van der Waals surface area (Å²) in [5.74, 6) is 0.842. The average Bonchev–Trinajstić information content (AvgIpc) is 2.77. The summed E-state index contributed by atoms with van der Waals surface area (Å²) in [6, 6.07) is 7.82. The number of rotatable bonds is 4. The lowest BCUT2D eigenvalue weighted by atomic mass is 10.2. The molecule has 0 amide bonds. The smallest absolute Gasteiger partial charge is 0.123 e. The fourth-order valence-corrected chi connectivity index (χ4v) is 2.60. The summed E-state index contributed by atoms with van der Waals surface area (Å²) in [6.45, 7) is 1.78. The van der Waals surface area contributed by atoms with E-state index in [2.05, 4.69) is 4.98 Å². The van der Waals surface area contributed by atoms with E-state index in [-0.39, 0.29) is 6.10 Å². The Morgan fingerprint density at radius 2 is 2.06 bits per heavy atom. The molecule has 2 rings (SSSR count). The molecule has 0 aliphatic rings. The van der Waals surface area contributed by atoms with Gasteiger partial charge in [0.1, 0.15) is 10.8 Å². The Morgan fingerprint density at radius 3 is 2.65 bits per heavy atom. The van der Waals surface area contributed by atoms with E-state index < -0.39 is 0 Å². The second-order valence-electron chi connectivity index (χ2n) is 3.91. The second kappa shape index (κ2) is 5.29. The topological polar surface area (TPSA) is 42.4 Å². The number of hydrogen-bond acceptors (Lipinski definition) is 4. The van der Waals surface area contributed by atoms with Crippen LogP contribution in [0.25, 0.3) is 10.6 Å². The maximum Gasteiger partial charge on any atom is 0.123 e. The minimum atomic E-state index is -0.320. The van der Waals surface area contributed by atoms with E-state index in [0.717, 1.165) is 21.2 Å². The van der Waals surface area contributed by atoms with Crippen molar-refractivity contribution in [3.8, 4) is 16.3 Å². The van der Waals surface area contributed by atoms with Gasteiger partial charge in [-0.1, -0.05) is 0 Å². The number of methoxy groups -OCH3 is 1. The minimum Gasteiger partial charge on any atom is -0.497 e. The molecule has 0 fully saturated rings. The average molecular weight is 249 g/mol. The molecule has 0 radical (unpaired) electrons. The standard InChI is InChI=1S/C13H15NO2S/c1-9(15)7-12-8-14-13(17-12)10-3-5-11(16-2)6-4-10/h3-6,8-9,15H,7H2,1-2H3. The van der Waals surface area contributed by atoms with Gasteiger partial charge in [-0.05, 0) is 31.2 Å². The molecule has 0 aliphatic heterocycles. The predicted octanol–water partition coefficient (Wildman–Crippen LogP) is 2.74. The molecule has 1 heterocycles. The third-order valence-electron chi connectivity index (χ3n) is 2.39. The maximum absolute atomic E-state index is 9.32. The van der Waals surface area contributed by atoms with Crippen LogP contribution < -0.4 is 4.74 Å². The molecule has 0 saturated heterocycles. The quantitative estimate of drug-likeness (QED) is 0.906. The lowest BCUT2D eigenvalue weighted by Crippen LogP contribution is -2.01. The molecule has 1 aromatic heterocycles. The van der Waals surface area contributed by atoms with Crippen LogP contribution in [0.4, 0.5) is 0 Å². The summed E-state index contributed by atoms with van der Waals surface area (Å²) in [7, 11) is 1.65. The third kappa shape index (κ3) is 3.05. The van der Waals surface area contributed by atoms with Gasteiger partial charge >= 0.3 is 0 Å². The van der Waals surface area contributed by atoms with Crippen molar-refractivity contribution >= 4 is 11.3 Å². The van der Waals surface area contributed by atoms with Gasteiger partial charge in [0.15, 0.2) is 0 Å². The van der Waals surface area contributed by atoms with E-state index in [1.54, 1.807) is 25.4 Å². The Bertz CT molecular complexity index is 476. The SMILES string of the molecule is COc1ccc(-c2ncc(CC(C)O)s2)cc1. The van der Waals surface area contributed by atoms with Crippen molar-refractivity contribution in [2.45, 2.75) is 19.4 Å². The molecular formula is C13H15NO2S. The first-order chi connectivity index (χ1) is 8.19. The van der Waals surface area contributed by atoms with Gasteiger partial charge < -0.3 is 9.84 Å². The maximum atomic E-state index is 9.32. The molecule has 0 saturated carbocycles. The van der Waals surface area contributed by atoms with Gasteiger partial charge in [-0.25, -0.2) is 4.98 Å². The number of aromatic nitrogens is 1. The van der Waals surface area contributed by atoms with Gasteiger partial charge in [0.05, 0.1) is 13.2 Å². The van der Waals surface area contributed by atoms with Crippen LogP contribution in [0.3, 0.4) is 0 Å². The summed E-state index contributed by atoms with van der Waals surface area (Å²) in [5.41, 5.74) is 1.08. The van der Waals surface area contributed by atoms with Crippen LogP contribution in [0.1, 0.15) is 11.8 Å². The summed E-state index contributed by atoms with van der Waals surface area (Å²) >= 11 is 1.62. The zero-order valence-electron chi connectivity index (χ0n) is 9.88. The van der Waals surface area contributed by atoms with Crippen molar-refractivity contribution in [1.82, 2.24) is 4.98 Å². The van der Waals surface area contributed by atoms with E-state index in [9.17, 15) is 5.11 Å². The molecule has 4 heteroatoms. The van der Waals surface area contributed by atoms with E-state index >= 15 is 0 Å². The van der Waals surface area contributed by atoms with Gasteiger partial charge in [0.2, 0.25) is 0 Å². The summed E-state index contributed by atoms with van der Waals surface area (Å²) in [6.07, 6.45) is 2.17. The third-order valence-corrected chi connectivity index (χ3v) is 3.46. The van der Waals surface area contributed by atoms with Crippen molar-refractivity contribution in [2.24, 2.45) is 0 Å². The predicted molar refractivity (Wildman–Crippen MR) is 69.5 cm³/mol. The van der Waals surface area contributed by atoms with E-state index in [4.69, 9.17) is 4.74 Å². The van der Waals surface area contributed by atoms with Gasteiger partial charge in [0.25, 0.3) is 0 Å². The summed E-state index contributed by atoms with van der Waals surface area (Å²) in [4.78, 5) is 5.46. The van der Waals surface area contributed by atoms with E-state index in [0.29, 0.717) is 6.42 Å². The van der Waals surface area contributed by atoms with Crippen LogP contribution in [-0.2, 0) is 6.42 Å². The molecule has 1 aromatic carbocycles. The first-order valence-electron chi connectivity index (χ1n) is 5.46. The first kappa shape index (κ1) is 12.1. The molecular weight excluding hydrogens is 234 g/mol. The van der Waals surface area contributed by atoms with Gasteiger partial charge in [-0.2, -0.15) is 0 Å². The molecule has 90 valence electrons. The first-order valence-corrected chi connectivity index (χ1v) is 6.28. The Morgan fingerprint density at radius 1 is 1.35 bits per heavy atom. The highest BCUT2D eigenvalue weighted by atomic mass is 32.1. The highest BCUT2D eigenvalue weighted by molar-refractivity contribution is 7.15. The van der Waals surface area contributed by atoms with Crippen LogP contribution >= 0.6 is 11.3 Å². The lowest BCUT2D eigenvalue weighted by Gasteiger charge is -2.00. The zero-order chi connectivity index (χ0) is 12.3. The monoisotopic (exact) mass is 249 g/mol. The van der Waals surface area contributed by atoms with Gasteiger partial charge in [0, 0.05) is 23.1 Å². The van der Waals surface area contributed by atoms with Crippen LogP contribution in [0.15, 0.2) is 30.5 Å². The molecule has 1 unspecified atom stereocenters. The number of benzene rings is 1. The number of ether oxygens (including phenoxy) is 1. The molecule has 0 bridgehead atoms.